The maximum atomic E-state index is 13.4. The normalized spacial score (nSPS) is 11.0. The average Bonchev–Trinajstić information content (AvgIpc) is 3.30. The first-order valence-electron chi connectivity index (χ1n) is 9.33. The Morgan fingerprint density at radius 3 is 2.62 bits per heavy atom. The van der Waals surface area contributed by atoms with E-state index in [1.54, 1.807) is 22.1 Å². The van der Waals surface area contributed by atoms with E-state index in [9.17, 15) is 4.79 Å². The molecular weight excluding hydrogens is 378 g/mol. The Bertz CT molecular complexity index is 1340. The highest BCUT2D eigenvalue weighted by molar-refractivity contribution is 7.08. The molecule has 5 aromatic rings. The average molecular weight is 395 g/mol. The highest BCUT2D eigenvalue weighted by atomic mass is 32.1. The number of rotatable bonds is 4. The van der Waals surface area contributed by atoms with Crippen LogP contribution >= 0.6 is 11.3 Å². The van der Waals surface area contributed by atoms with Gasteiger partial charge in [0.2, 0.25) is 0 Å². The molecule has 0 fully saturated rings. The van der Waals surface area contributed by atoms with Gasteiger partial charge in [-0.2, -0.15) is 11.3 Å². The summed E-state index contributed by atoms with van der Waals surface area (Å²) in [6.45, 7) is 0. The summed E-state index contributed by atoms with van der Waals surface area (Å²) >= 11 is 1.65. The SMILES string of the molecule is O=c1c(Cc2ccccc2)nc2cccnc2n1-c1cccc(-c2ccsc2)c1. The lowest BCUT2D eigenvalue weighted by Crippen LogP contribution is -2.25. The zero-order valence-corrected chi connectivity index (χ0v) is 16.3. The van der Waals surface area contributed by atoms with Gasteiger partial charge in [-0.3, -0.25) is 9.36 Å². The van der Waals surface area contributed by atoms with E-state index < -0.39 is 0 Å². The van der Waals surface area contributed by atoms with E-state index in [1.165, 1.54) is 0 Å². The fraction of sp³-hybridized carbons (Fsp3) is 0.0417. The van der Waals surface area contributed by atoms with E-state index in [0.717, 1.165) is 22.4 Å². The number of hydrogen-bond acceptors (Lipinski definition) is 4. The van der Waals surface area contributed by atoms with Crippen LogP contribution in [0.25, 0.3) is 28.0 Å². The molecule has 5 heteroatoms. The minimum Gasteiger partial charge on any atom is -0.267 e. The summed E-state index contributed by atoms with van der Waals surface area (Å²) in [7, 11) is 0. The molecule has 0 amide bonds. The summed E-state index contributed by atoms with van der Waals surface area (Å²) in [5.41, 5.74) is 5.70. The maximum absolute atomic E-state index is 13.4. The molecule has 3 heterocycles. The van der Waals surface area contributed by atoms with Crippen LogP contribution in [0.15, 0.2) is 94.5 Å². The second-order valence-electron chi connectivity index (χ2n) is 6.77. The van der Waals surface area contributed by atoms with Crippen molar-refractivity contribution in [3.8, 4) is 16.8 Å². The van der Waals surface area contributed by atoms with Crippen LogP contribution < -0.4 is 5.56 Å². The van der Waals surface area contributed by atoms with E-state index in [-0.39, 0.29) is 5.56 Å². The van der Waals surface area contributed by atoms with Crippen LogP contribution in [0.1, 0.15) is 11.3 Å². The molecule has 3 aromatic heterocycles. The molecular formula is C24H17N3OS. The molecule has 29 heavy (non-hydrogen) atoms. The van der Waals surface area contributed by atoms with Gasteiger partial charge >= 0.3 is 0 Å². The van der Waals surface area contributed by atoms with Crippen molar-refractivity contribution in [1.29, 1.82) is 0 Å². The zero-order chi connectivity index (χ0) is 19.6. The van der Waals surface area contributed by atoms with Gasteiger partial charge in [-0.15, -0.1) is 0 Å². The number of pyridine rings is 1. The number of aromatic nitrogens is 3. The van der Waals surface area contributed by atoms with Gasteiger partial charge in [-0.1, -0.05) is 42.5 Å². The van der Waals surface area contributed by atoms with Crippen LogP contribution in [0, 0.1) is 0 Å². The van der Waals surface area contributed by atoms with Crippen molar-refractivity contribution >= 4 is 22.5 Å². The lowest BCUT2D eigenvalue weighted by molar-refractivity contribution is 0.927. The molecule has 0 N–H and O–H groups in total. The van der Waals surface area contributed by atoms with Gasteiger partial charge in [0.25, 0.3) is 5.56 Å². The van der Waals surface area contributed by atoms with Gasteiger partial charge in [-0.05, 0) is 57.8 Å². The fourth-order valence-corrected chi connectivity index (χ4v) is 4.13. The van der Waals surface area contributed by atoms with Crippen LogP contribution in [0.3, 0.4) is 0 Å². The van der Waals surface area contributed by atoms with Crippen molar-refractivity contribution in [2.75, 3.05) is 0 Å². The second-order valence-corrected chi connectivity index (χ2v) is 7.55. The van der Waals surface area contributed by atoms with Crippen molar-refractivity contribution in [2.45, 2.75) is 6.42 Å². The third-order valence-corrected chi connectivity index (χ3v) is 5.54. The smallest absolute Gasteiger partial charge is 0.267 e. The van der Waals surface area contributed by atoms with Crippen molar-refractivity contribution in [3.63, 3.8) is 0 Å². The molecule has 0 spiro atoms. The molecule has 0 aliphatic rings. The van der Waals surface area contributed by atoms with Gasteiger partial charge in [0.15, 0.2) is 5.65 Å². The molecule has 0 bridgehead atoms. The third kappa shape index (κ3) is 3.37. The first-order valence-corrected chi connectivity index (χ1v) is 10.3. The van der Waals surface area contributed by atoms with Crippen LogP contribution in [0.2, 0.25) is 0 Å². The quantitative estimate of drug-likeness (QED) is 0.425. The van der Waals surface area contributed by atoms with E-state index in [4.69, 9.17) is 0 Å². The summed E-state index contributed by atoms with van der Waals surface area (Å²) in [4.78, 5) is 22.5. The zero-order valence-electron chi connectivity index (χ0n) is 15.5. The van der Waals surface area contributed by atoms with Crippen LogP contribution in [0.5, 0.6) is 0 Å². The Morgan fingerprint density at radius 1 is 0.897 bits per heavy atom. The van der Waals surface area contributed by atoms with E-state index in [0.29, 0.717) is 23.3 Å². The Morgan fingerprint density at radius 2 is 1.79 bits per heavy atom. The number of hydrogen-bond donors (Lipinski definition) is 0. The largest absolute Gasteiger partial charge is 0.278 e. The molecule has 5 rings (SSSR count). The van der Waals surface area contributed by atoms with Crippen LogP contribution in [-0.2, 0) is 6.42 Å². The number of fused-ring (bicyclic) bond motifs is 1. The van der Waals surface area contributed by atoms with Gasteiger partial charge in [0.05, 0.1) is 5.69 Å². The summed E-state index contributed by atoms with van der Waals surface area (Å²) in [5.74, 6) is 0. The summed E-state index contributed by atoms with van der Waals surface area (Å²) in [6.07, 6.45) is 2.17. The van der Waals surface area contributed by atoms with E-state index in [2.05, 4.69) is 32.9 Å². The van der Waals surface area contributed by atoms with Crippen molar-refractivity contribution in [2.24, 2.45) is 0 Å². The first kappa shape index (κ1) is 17.5. The Labute approximate surface area is 171 Å². The van der Waals surface area contributed by atoms with Crippen molar-refractivity contribution < 1.29 is 0 Å². The molecule has 0 saturated heterocycles. The fourth-order valence-electron chi connectivity index (χ4n) is 3.46. The van der Waals surface area contributed by atoms with Gasteiger partial charge in [0.1, 0.15) is 11.2 Å². The Balaban J connectivity index is 1.72. The third-order valence-electron chi connectivity index (χ3n) is 4.86. The number of nitrogens with zero attached hydrogens (tertiary/aromatic N) is 3. The molecule has 0 aliphatic heterocycles. The van der Waals surface area contributed by atoms with Gasteiger partial charge in [-0.25, -0.2) is 9.97 Å². The summed E-state index contributed by atoms with van der Waals surface area (Å²) in [5, 5.41) is 4.15. The Kier molecular flexibility index (Phi) is 4.50. The van der Waals surface area contributed by atoms with Gasteiger partial charge in [0, 0.05) is 12.6 Å². The standard InChI is InChI=1S/C24H17N3OS/c28-24-22(14-17-6-2-1-3-7-17)26-21-10-5-12-25-23(21)27(24)20-9-4-8-18(15-20)19-11-13-29-16-19/h1-13,15-16H,14H2. The molecule has 140 valence electrons. The predicted octanol–water partition coefficient (Wildman–Crippen LogP) is 5.10. The first-order chi connectivity index (χ1) is 14.3. The van der Waals surface area contributed by atoms with E-state index in [1.807, 2.05) is 60.7 Å². The molecule has 0 saturated carbocycles. The minimum absolute atomic E-state index is 0.137. The molecule has 0 radical (unpaired) electrons. The highest BCUT2D eigenvalue weighted by Crippen LogP contribution is 2.25. The molecule has 0 aliphatic carbocycles. The predicted molar refractivity (Wildman–Crippen MR) is 118 cm³/mol. The van der Waals surface area contributed by atoms with E-state index >= 15 is 0 Å². The summed E-state index contributed by atoms with van der Waals surface area (Å²) < 4.78 is 1.68. The molecule has 0 atom stereocenters. The lowest BCUT2D eigenvalue weighted by atomic mass is 10.1. The number of thiophene rings is 1. The van der Waals surface area contributed by atoms with Crippen LogP contribution in [0.4, 0.5) is 0 Å². The Hall–Kier alpha value is -3.57. The monoisotopic (exact) mass is 395 g/mol. The van der Waals surface area contributed by atoms with Gasteiger partial charge < -0.3 is 0 Å². The topological polar surface area (TPSA) is 47.8 Å². The van der Waals surface area contributed by atoms with Crippen molar-refractivity contribution in [3.05, 3.63) is 111 Å². The lowest BCUT2D eigenvalue weighted by Gasteiger charge is -2.12. The highest BCUT2D eigenvalue weighted by Gasteiger charge is 2.14. The molecule has 2 aromatic carbocycles. The maximum Gasteiger partial charge on any atom is 0.278 e. The summed E-state index contributed by atoms with van der Waals surface area (Å²) in [6, 6.07) is 23.8. The molecule has 4 nitrogen and oxygen atoms in total. The number of benzene rings is 2. The minimum atomic E-state index is -0.137. The van der Waals surface area contributed by atoms with Crippen LogP contribution in [-0.4, -0.2) is 14.5 Å². The second kappa shape index (κ2) is 7.45. The molecule has 0 unspecified atom stereocenters. The van der Waals surface area contributed by atoms with Crippen molar-refractivity contribution in [1.82, 2.24) is 14.5 Å².